The summed E-state index contributed by atoms with van der Waals surface area (Å²) in [4.78, 5) is 16.7. The fourth-order valence-electron chi connectivity index (χ4n) is 3.12. The molecular formula is C21H21N5O2. The minimum atomic E-state index is -0.286. The van der Waals surface area contributed by atoms with Crippen LogP contribution in [0.5, 0.6) is 0 Å². The van der Waals surface area contributed by atoms with E-state index in [1.54, 1.807) is 18.3 Å². The van der Waals surface area contributed by atoms with Crippen molar-refractivity contribution < 1.29 is 9.21 Å². The molecule has 28 heavy (non-hydrogen) atoms. The van der Waals surface area contributed by atoms with E-state index in [-0.39, 0.29) is 11.7 Å². The van der Waals surface area contributed by atoms with E-state index in [0.717, 1.165) is 22.9 Å². The van der Waals surface area contributed by atoms with Crippen LogP contribution in [0.4, 0.5) is 5.69 Å². The van der Waals surface area contributed by atoms with Gasteiger partial charge in [0.15, 0.2) is 5.76 Å². The number of anilines is 1. The number of imidazole rings is 1. The summed E-state index contributed by atoms with van der Waals surface area (Å²) in [6.45, 7) is 6.37. The molecule has 4 rings (SSSR count). The minimum Gasteiger partial charge on any atom is -0.454 e. The Hall–Kier alpha value is -3.61. The maximum absolute atomic E-state index is 12.5. The fraction of sp³-hybridized carbons (Fsp3) is 0.190. The fourth-order valence-corrected chi connectivity index (χ4v) is 3.12. The lowest BCUT2D eigenvalue weighted by molar-refractivity contribution is 0.0994. The SMILES string of the molecule is Cc1cc(C)n(Cc2ccc(C(=O)Nc3ccc(-n4ccnc4C)cc3)o2)n1. The van der Waals surface area contributed by atoms with Crippen LogP contribution < -0.4 is 5.32 Å². The van der Waals surface area contributed by atoms with Gasteiger partial charge in [-0.3, -0.25) is 9.48 Å². The number of carbonyl (C=O) groups excluding carboxylic acids is 1. The van der Waals surface area contributed by atoms with Gasteiger partial charge in [0.1, 0.15) is 11.6 Å². The van der Waals surface area contributed by atoms with E-state index in [9.17, 15) is 4.79 Å². The Morgan fingerprint density at radius 3 is 2.54 bits per heavy atom. The van der Waals surface area contributed by atoms with Crippen molar-refractivity contribution in [3.8, 4) is 5.69 Å². The molecule has 0 spiro atoms. The number of hydrogen-bond acceptors (Lipinski definition) is 4. The monoisotopic (exact) mass is 375 g/mol. The van der Waals surface area contributed by atoms with Gasteiger partial charge >= 0.3 is 0 Å². The molecule has 1 aromatic carbocycles. The zero-order valence-corrected chi connectivity index (χ0v) is 16.0. The number of amides is 1. The second kappa shape index (κ2) is 7.19. The molecule has 7 nitrogen and oxygen atoms in total. The first-order valence-electron chi connectivity index (χ1n) is 9.01. The molecule has 142 valence electrons. The quantitative estimate of drug-likeness (QED) is 0.574. The van der Waals surface area contributed by atoms with Gasteiger partial charge in [-0.1, -0.05) is 0 Å². The highest BCUT2D eigenvalue weighted by Crippen LogP contribution is 2.17. The van der Waals surface area contributed by atoms with Crippen molar-refractivity contribution in [2.45, 2.75) is 27.3 Å². The Labute approximate surface area is 162 Å². The molecule has 0 aliphatic heterocycles. The summed E-state index contributed by atoms with van der Waals surface area (Å²) >= 11 is 0. The highest BCUT2D eigenvalue weighted by atomic mass is 16.4. The summed E-state index contributed by atoms with van der Waals surface area (Å²) in [5, 5.41) is 7.27. The predicted molar refractivity (Wildman–Crippen MR) is 106 cm³/mol. The second-order valence-corrected chi connectivity index (χ2v) is 6.70. The molecule has 1 N–H and O–H groups in total. The average molecular weight is 375 g/mol. The lowest BCUT2D eigenvalue weighted by Gasteiger charge is -2.07. The van der Waals surface area contributed by atoms with Crippen LogP contribution in [-0.2, 0) is 6.54 Å². The molecule has 0 aliphatic carbocycles. The normalized spacial score (nSPS) is 11.0. The number of rotatable bonds is 5. The third kappa shape index (κ3) is 3.59. The largest absolute Gasteiger partial charge is 0.454 e. The maximum atomic E-state index is 12.5. The lowest BCUT2D eigenvalue weighted by Crippen LogP contribution is -2.11. The molecule has 7 heteroatoms. The van der Waals surface area contributed by atoms with Crippen LogP contribution in [-0.4, -0.2) is 25.2 Å². The second-order valence-electron chi connectivity index (χ2n) is 6.70. The number of aryl methyl sites for hydroxylation is 3. The van der Waals surface area contributed by atoms with Crippen LogP contribution in [0.25, 0.3) is 5.69 Å². The highest BCUT2D eigenvalue weighted by Gasteiger charge is 2.13. The third-order valence-electron chi connectivity index (χ3n) is 4.52. The third-order valence-corrected chi connectivity index (χ3v) is 4.52. The van der Waals surface area contributed by atoms with Gasteiger partial charge in [0.05, 0.1) is 12.2 Å². The average Bonchev–Trinajstić information content (AvgIpc) is 3.37. The molecule has 3 heterocycles. The van der Waals surface area contributed by atoms with Gasteiger partial charge in [-0.2, -0.15) is 5.10 Å². The maximum Gasteiger partial charge on any atom is 0.291 e. The van der Waals surface area contributed by atoms with Crippen LogP contribution >= 0.6 is 0 Å². The molecule has 4 aromatic rings. The first-order chi connectivity index (χ1) is 13.5. The zero-order chi connectivity index (χ0) is 19.7. The summed E-state index contributed by atoms with van der Waals surface area (Å²) in [6.07, 6.45) is 3.65. The van der Waals surface area contributed by atoms with E-state index in [2.05, 4.69) is 15.4 Å². The number of furan rings is 1. The van der Waals surface area contributed by atoms with Gasteiger partial charge in [0.2, 0.25) is 0 Å². The van der Waals surface area contributed by atoms with Gasteiger partial charge < -0.3 is 14.3 Å². The molecule has 0 saturated carbocycles. The van der Waals surface area contributed by atoms with E-state index in [0.29, 0.717) is 18.0 Å². The van der Waals surface area contributed by atoms with Gasteiger partial charge in [-0.05, 0) is 63.2 Å². The van der Waals surface area contributed by atoms with E-state index in [1.165, 1.54) is 0 Å². The molecule has 0 bridgehead atoms. The Balaban J connectivity index is 1.43. The van der Waals surface area contributed by atoms with Crippen molar-refractivity contribution in [1.82, 2.24) is 19.3 Å². The van der Waals surface area contributed by atoms with Crippen LogP contribution in [0.3, 0.4) is 0 Å². The molecule has 0 atom stereocenters. The van der Waals surface area contributed by atoms with Crippen LogP contribution in [0.15, 0.2) is 59.3 Å². The molecule has 0 saturated heterocycles. The summed E-state index contributed by atoms with van der Waals surface area (Å²) < 4.78 is 9.53. The smallest absolute Gasteiger partial charge is 0.291 e. The van der Waals surface area contributed by atoms with Crippen molar-refractivity contribution >= 4 is 11.6 Å². The highest BCUT2D eigenvalue weighted by molar-refractivity contribution is 6.02. The van der Waals surface area contributed by atoms with E-state index in [4.69, 9.17) is 4.42 Å². The van der Waals surface area contributed by atoms with Crippen molar-refractivity contribution in [2.24, 2.45) is 0 Å². The number of aromatic nitrogens is 4. The van der Waals surface area contributed by atoms with Crippen molar-refractivity contribution in [2.75, 3.05) is 5.32 Å². The summed E-state index contributed by atoms with van der Waals surface area (Å²) in [7, 11) is 0. The predicted octanol–water partition coefficient (Wildman–Crippen LogP) is 3.89. The van der Waals surface area contributed by atoms with E-state index < -0.39 is 0 Å². The first-order valence-corrected chi connectivity index (χ1v) is 9.01. The van der Waals surface area contributed by atoms with E-state index in [1.807, 2.05) is 66.5 Å². The Bertz CT molecular complexity index is 1120. The lowest BCUT2D eigenvalue weighted by atomic mass is 10.2. The van der Waals surface area contributed by atoms with Crippen molar-refractivity contribution in [3.63, 3.8) is 0 Å². The summed E-state index contributed by atoms with van der Waals surface area (Å²) in [6, 6.07) is 13.1. The van der Waals surface area contributed by atoms with E-state index >= 15 is 0 Å². The van der Waals surface area contributed by atoms with Gasteiger partial charge in [0, 0.05) is 29.5 Å². The van der Waals surface area contributed by atoms with Crippen LogP contribution in [0.2, 0.25) is 0 Å². The number of hydrogen-bond donors (Lipinski definition) is 1. The molecule has 3 aromatic heterocycles. The Morgan fingerprint density at radius 2 is 1.89 bits per heavy atom. The molecule has 0 radical (unpaired) electrons. The molecule has 0 unspecified atom stereocenters. The van der Waals surface area contributed by atoms with Crippen molar-refractivity contribution in [1.29, 1.82) is 0 Å². The van der Waals surface area contributed by atoms with Gasteiger partial charge in [-0.15, -0.1) is 0 Å². The zero-order valence-electron chi connectivity index (χ0n) is 16.0. The number of nitrogens with zero attached hydrogens (tertiary/aromatic N) is 4. The molecule has 0 aliphatic rings. The number of nitrogens with one attached hydrogen (secondary N) is 1. The molecular weight excluding hydrogens is 354 g/mol. The molecule has 1 amide bonds. The minimum absolute atomic E-state index is 0.270. The summed E-state index contributed by atoms with van der Waals surface area (Å²) in [5.41, 5.74) is 3.69. The summed E-state index contributed by atoms with van der Waals surface area (Å²) in [5.74, 6) is 1.57. The Morgan fingerprint density at radius 1 is 1.11 bits per heavy atom. The standard InChI is InChI=1S/C21H21N5O2/c1-14-12-15(2)26(24-14)13-19-8-9-20(28-19)21(27)23-17-4-6-18(7-5-17)25-11-10-22-16(25)3/h4-12H,13H2,1-3H3,(H,23,27). The Kier molecular flexibility index (Phi) is 4.57. The number of carbonyl (C=O) groups is 1. The van der Waals surface area contributed by atoms with Gasteiger partial charge in [-0.25, -0.2) is 4.98 Å². The first kappa shape index (κ1) is 17.8. The molecule has 0 fully saturated rings. The van der Waals surface area contributed by atoms with Crippen LogP contribution in [0, 0.1) is 20.8 Å². The van der Waals surface area contributed by atoms with Gasteiger partial charge in [0.25, 0.3) is 5.91 Å². The van der Waals surface area contributed by atoms with Crippen LogP contribution in [0.1, 0.15) is 33.5 Å². The number of benzene rings is 1. The van der Waals surface area contributed by atoms with Crippen molar-refractivity contribution in [3.05, 3.63) is 83.6 Å². The topological polar surface area (TPSA) is 77.9 Å².